The molecule has 9 heteroatoms. The molecule has 3 rings (SSSR count). The number of aromatic nitrogens is 1. The normalized spacial score (nSPS) is 24.5. The Morgan fingerprint density at radius 1 is 1.52 bits per heavy atom. The number of thiazole rings is 1. The van der Waals surface area contributed by atoms with Crippen molar-refractivity contribution < 1.29 is 14.4 Å². The Labute approximate surface area is 124 Å². The molecule has 0 bridgehead atoms. The van der Waals surface area contributed by atoms with Gasteiger partial charge in [0.15, 0.2) is 0 Å². The van der Waals surface area contributed by atoms with Crippen LogP contribution in [0.3, 0.4) is 0 Å². The van der Waals surface area contributed by atoms with Crippen LogP contribution < -0.4 is 16.4 Å². The van der Waals surface area contributed by atoms with Gasteiger partial charge in [-0.1, -0.05) is 0 Å². The van der Waals surface area contributed by atoms with Crippen molar-refractivity contribution in [3.05, 3.63) is 16.1 Å². The van der Waals surface area contributed by atoms with Gasteiger partial charge in [0.2, 0.25) is 0 Å². The first-order valence-electron chi connectivity index (χ1n) is 6.61. The van der Waals surface area contributed by atoms with Gasteiger partial charge in [-0.05, 0) is 13.0 Å². The maximum Gasteiger partial charge on any atom is 0.322 e. The van der Waals surface area contributed by atoms with E-state index in [1.807, 2.05) is 0 Å². The summed E-state index contributed by atoms with van der Waals surface area (Å²) in [5.41, 5.74) is 4.84. The molecule has 2 aliphatic heterocycles. The van der Waals surface area contributed by atoms with E-state index >= 15 is 0 Å². The molecule has 2 saturated heterocycles. The van der Waals surface area contributed by atoms with Gasteiger partial charge >= 0.3 is 6.03 Å². The van der Waals surface area contributed by atoms with Gasteiger partial charge in [-0.2, -0.15) is 0 Å². The summed E-state index contributed by atoms with van der Waals surface area (Å²) >= 11 is 1.40. The third kappa shape index (κ3) is 2.38. The molecular weight excluding hydrogens is 294 g/mol. The van der Waals surface area contributed by atoms with Crippen LogP contribution in [-0.4, -0.2) is 52.9 Å². The van der Waals surface area contributed by atoms with Crippen molar-refractivity contribution in [2.24, 2.45) is 5.73 Å². The fraction of sp³-hybridized carbons (Fsp3) is 0.500. The molecule has 1 unspecified atom stereocenters. The number of likely N-dealkylation sites (tertiary alicyclic amines) is 1. The first-order valence-corrected chi connectivity index (χ1v) is 7.49. The molecule has 1 atom stereocenters. The molecule has 0 aromatic carbocycles. The second-order valence-corrected chi connectivity index (χ2v) is 6.07. The molecule has 0 radical (unpaired) electrons. The van der Waals surface area contributed by atoms with Crippen LogP contribution >= 0.6 is 11.3 Å². The summed E-state index contributed by atoms with van der Waals surface area (Å²) in [6, 6.07) is -0.506. The van der Waals surface area contributed by atoms with Crippen LogP contribution in [0.4, 0.5) is 4.79 Å². The highest BCUT2D eigenvalue weighted by molar-refractivity contribution is 7.09. The molecule has 1 aromatic heterocycles. The number of carbonyl (C=O) groups is 3. The van der Waals surface area contributed by atoms with Gasteiger partial charge < -0.3 is 16.0 Å². The van der Waals surface area contributed by atoms with E-state index in [0.29, 0.717) is 31.6 Å². The Hall–Kier alpha value is -2.00. The summed E-state index contributed by atoms with van der Waals surface area (Å²) in [6.45, 7) is 1.07. The highest BCUT2D eigenvalue weighted by atomic mass is 32.1. The third-order valence-electron chi connectivity index (χ3n) is 3.70. The van der Waals surface area contributed by atoms with E-state index in [1.54, 1.807) is 10.3 Å². The van der Waals surface area contributed by atoms with Crippen molar-refractivity contribution in [3.8, 4) is 0 Å². The fourth-order valence-electron chi connectivity index (χ4n) is 2.61. The molecular formula is C12H15N5O3S. The molecule has 21 heavy (non-hydrogen) atoms. The molecule has 4 N–H and O–H groups in total. The maximum atomic E-state index is 12.4. The Balaban J connectivity index is 1.72. The topological polar surface area (TPSA) is 117 Å². The molecule has 0 aliphatic carbocycles. The number of rotatable bonds is 3. The number of hydrogen-bond donors (Lipinski definition) is 3. The molecule has 2 aliphatic rings. The minimum atomic E-state index is -0.983. The van der Waals surface area contributed by atoms with Gasteiger partial charge in [-0.3, -0.25) is 14.9 Å². The van der Waals surface area contributed by atoms with E-state index in [0.717, 1.165) is 5.01 Å². The highest BCUT2D eigenvalue weighted by Crippen LogP contribution is 2.26. The van der Waals surface area contributed by atoms with Crippen LogP contribution in [-0.2, 0) is 11.2 Å². The van der Waals surface area contributed by atoms with E-state index in [9.17, 15) is 14.4 Å². The third-order valence-corrected chi connectivity index (χ3v) is 4.61. The number of nitrogens with one attached hydrogen (secondary N) is 2. The average Bonchev–Trinajstić information content (AvgIpc) is 3.11. The van der Waals surface area contributed by atoms with Gasteiger partial charge in [0, 0.05) is 18.3 Å². The lowest BCUT2D eigenvalue weighted by molar-refractivity contribution is -0.123. The molecule has 3 heterocycles. The van der Waals surface area contributed by atoms with E-state index in [-0.39, 0.29) is 18.4 Å². The van der Waals surface area contributed by atoms with Crippen LogP contribution in [0.15, 0.2) is 5.38 Å². The number of carbonyl (C=O) groups excluding carboxylic acids is 3. The zero-order valence-electron chi connectivity index (χ0n) is 11.2. The van der Waals surface area contributed by atoms with Crippen molar-refractivity contribution in [1.29, 1.82) is 0 Å². The summed E-state index contributed by atoms with van der Waals surface area (Å²) in [7, 11) is 0. The first-order chi connectivity index (χ1) is 10.0. The lowest BCUT2D eigenvalue weighted by Gasteiger charge is -2.20. The Morgan fingerprint density at radius 3 is 3.00 bits per heavy atom. The quantitative estimate of drug-likeness (QED) is 0.623. The molecule has 1 aromatic rings. The molecule has 0 saturated carbocycles. The molecule has 8 nitrogen and oxygen atoms in total. The van der Waals surface area contributed by atoms with E-state index in [4.69, 9.17) is 5.73 Å². The van der Waals surface area contributed by atoms with Crippen LogP contribution in [0.1, 0.15) is 21.9 Å². The van der Waals surface area contributed by atoms with Crippen LogP contribution in [0, 0.1) is 0 Å². The predicted octanol–water partition coefficient (Wildman–Crippen LogP) is -0.932. The molecule has 112 valence electrons. The summed E-state index contributed by atoms with van der Waals surface area (Å²) < 4.78 is 0. The largest absolute Gasteiger partial charge is 0.334 e. The fourth-order valence-corrected chi connectivity index (χ4v) is 3.40. The molecule has 4 amide bonds. The van der Waals surface area contributed by atoms with Crippen LogP contribution in [0.5, 0.6) is 0 Å². The van der Waals surface area contributed by atoms with Gasteiger partial charge in [0.1, 0.15) is 11.2 Å². The molecule has 1 spiro atoms. The van der Waals surface area contributed by atoms with E-state index in [1.165, 1.54) is 11.3 Å². The van der Waals surface area contributed by atoms with Gasteiger partial charge in [-0.15, -0.1) is 11.3 Å². The van der Waals surface area contributed by atoms with Crippen molar-refractivity contribution >= 4 is 29.2 Å². The lowest BCUT2D eigenvalue weighted by atomic mass is 10.00. The summed E-state index contributed by atoms with van der Waals surface area (Å²) in [6.07, 6.45) is 1.05. The van der Waals surface area contributed by atoms with Crippen molar-refractivity contribution in [2.75, 3.05) is 19.6 Å². The Bertz CT molecular complexity index is 616. The van der Waals surface area contributed by atoms with E-state index < -0.39 is 11.6 Å². The Morgan fingerprint density at radius 2 is 2.33 bits per heavy atom. The number of amides is 4. The standard InChI is InChI=1S/C12H15N5O3S/c13-3-1-8-14-7(5-21-8)9(18)17-4-2-12(6-17)10(19)15-11(20)16-12/h5H,1-4,6,13H2,(H2,15,16,19,20). The van der Waals surface area contributed by atoms with Gasteiger partial charge in [0.25, 0.3) is 11.8 Å². The number of urea groups is 1. The number of imide groups is 1. The van der Waals surface area contributed by atoms with Gasteiger partial charge in [0.05, 0.1) is 11.6 Å². The summed E-state index contributed by atoms with van der Waals surface area (Å²) in [5, 5.41) is 7.35. The summed E-state index contributed by atoms with van der Waals surface area (Å²) in [5.74, 6) is -0.592. The predicted molar refractivity (Wildman–Crippen MR) is 74.8 cm³/mol. The first kappa shape index (κ1) is 14.0. The van der Waals surface area contributed by atoms with E-state index in [2.05, 4.69) is 15.6 Å². The highest BCUT2D eigenvalue weighted by Gasteiger charge is 2.51. The van der Waals surface area contributed by atoms with Crippen molar-refractivity contribution in [3.63, 3.8) is 0 Å². The minimum absolute atomic E-state index is 0.174. The lowest BCUT2D eigenvalue weighted by Crippen LogP contribution is -2.49. The number of nitrogens with zero attached hydrogens (tertiary/aromatic N) is 2. The second kappa shape index (κ2) is 5.08. The van der Waals surface area contributed by atoms with Crippen molar-refractivity contribution in [1.82, 2.24) is 20.5 Å². The maximum absolute atomic E-state index is 12.4. The van der Waals surface area contributed by atoms with Crippen LogP contribution in [0.2, 0.25) is 0 Å². The number of hydrogen-bond acceptors (Lipinski definition) is 6. The zero-order chi connectivity index (χ0) is 15.0. The van der Waals surface area contributed by atoms with Gasteiger partial charge in [-0.25, -0.2) is 9.78 Å². The zero-order valence-corrected chi connectivity index (χ0v) is 12.0. The monoisotopic (exact) mass is 309 g/mol. The summed E-state index contributed by atoms with van der Waals surface area (Å²) in [4.78, 5) is 41.3. The smallest absolute Gasteiger partial charge is 0.322 e. The molecule has 2 fully saturated rings. The average molecular weight is 309 g/mol. The Kier molecular flexibility index (Phi) is 3.38. The minimum Gasteiger partial charge on any atom is -0.334 e. The van der Waals surface area contributed by atoms with Crippen LogP contribution in [0.25, 0.3) is 0 Å². The second-order valence-electron chi connectivity index (χ2n) is 5.13. The van der Waals surface area contributed by atoms with Crippen molar-refractivity contribution in [2.45, 2.75) is 18.4 Å². The SMILES string of the molecule is NCCc1nc(C(=O)N2CCC3(C2)NC(=O)NC3=O)cs1. The number of nitrogens with two attached hydrogens (primary N) is 1.